The predicted octanol–water partition coefficient (Wildman–Crippen LogP) is 2.33. The van der Waals surface area contributed by atoms with Crippen LogP contribution in [0.25, 0.3) is 0 Å². The van der Waals surface area contributed by atoms with Crippen molar-refractivity contribution in [1.82, 2.24) is 0 Å². The number of halogens is 1. The van der Waals surface area contributed by atoms with Gasteiger partial charge < -0.3 is 9.47 Å². The minimum absolute atomic E-state index is 0.142. The van der Waals surface area contributed by atoms with Crippen LogP contribution in [0.5, 0.6) is 0 Å². The fourth-order valence-electron chi connectivity index (χ4n) is 1.89. The van der Waals surface area contributed by atoms with Crippen molar-refractivity contribution in [2.45, 2.75) is 25.6 Å². The van der Waals surface area contributed by atoms with Crippen LogP contribution < -0.4 is 0 Å². The van der Waals surface area contributed by atoms with Crippen molar-refractivity contribution < 1.29 is 18.7 Å². The molecule has 17 heavy (non-hydrogen) atoms. The first-order chi connectivity index (χ1) is 8.29. The van der Waals surface area contributed by atoms with Gasteiger partial charge in [-0.15, -0.1) is 0 Å². The first-order valence-electron chi connectivity index (χ1n) is 5.72. The molecule has 1 aliphatic rings. The summed E-state index contributed by atoms with van der Waals surface area (Å²) in [4.78, 5) is 10.8. The predicted molar refractivity (Wildman–Crippen MR) is 60.4 cm³/mol. The Morgan fingerprint density at radius 3 is 3.12 bits per heavy atom. The van der Waals surface area contributed by atoms with Gasteiger partial charge in [-0.3, -0.25) is 4.79 Å². The van der Waals surface area contributed by atoms with Crippen molar-refractivity contribution in [2.75, 3.05) is 13.2 Å². The van der Waals surface area contributed by atoms with Crippen LogP contribution in [-0.4, -0.2) is 25.6 Å². The van der Waals surface area contributed by atoms with Gasteiger partial charge in [-0.25, -0.2) is 4.39 Å². The topological polar surface area (TPSA) is 35.5 Å². The molecule has 1 aromatic rings. The lowest BCUT2D eigenvalue weighted by Gasteiger charge is -2.11. The molecule has 0 saturated carbocycles. The Bertz CT molecular complexity index is 386. The lowest BCUT2D eigenvalue weighted by molar-refractivity contribution is 0.0104. The van der Waals surface area contributed by atoms with Gasteiger partial charge in [0.05, 0.1) is 19.3 Å². The zero-order chi connectivity index (χ0) is 12.1. The Kier molecular flexibility index (Phi) is 4.23. The van der Waals surface area contributed by atoms with Crippen LogP contribution in [-0.2, 0) is 16.1 Å². The van der Waals surface area contributed by atoms with Gasteiger partial charge in [0, 0.05) is 12.2 Å². The largest absolute Gasteiger partial charge is 0.376 e. The normalized spacial score (nSPS) is 19.5. The monoisotopic (exact) mass is 238 g/mol. The molecular formula is C13H15FO3. The highest BCUT2D eigenvalue weighted by Gasteiger charge is 2.15. The van der Waals surface area contributed by atoms with Crippen LogP contribution in [0.3, 0.4) is 0 Å². The van der Waals surface area contributed by atoms with Crippen molar-refractivity contribution in [1.29, 1.82) is 0 Å². The van der Waals surface area contributed by atoms with E-state index in [0.717, 1.165) is 19.4 Å². The molecule has 0 aromatic heterocycles. The zero-order valence-corrected chi connectivity index (χ0v) is 9.52. The third-order valence-corrected chi connectivity index (χ3v) is 2.82. The maximum absolute atomic E-state index is 13.0. The molecule has 0 aliphatic carbocycles. The molecule has 0 radical (unpaired) electrons. The van der Waals surface area contributed by atoms with E-state index in [1.54, 1.807) is 0 Å². The van der Waals surface area contributed by atoms with E-state index in [1.807, 2.05) is 0 Å². The molecule has 0 N–H and O–H groups in total. The standard InChI is InChI=1S/C13H15FO3/c14-12-4-3-10(7-15)11(6-12)8-16-9-13-2-1-5-17-13/h3-4,6-7,13H,1-2,5,8-9H2. The molecule has 0 spiro atoms. The van der Waals surface area contributed by atoms with Gasteiger partial charge in [-0.05, 0) is 36.6 Å². The number of benzene rings is 1. The average Bonchev–Trinajstić information content (AvgIpc) is 2.82. The molecule has 2 rings (SSSR count). The molecule has 1 atom stereocenters. The lowest BCUT2D eigenvalue weighted by Crippen LogP contribution is -2.14. The molecule has 0 bridgehead atoms. The molecule has 1 unspecified atom stereocenters. The highest BCUT2D eigenvalue weighted by molar-refractivity contribution is 5.77. The number of carbonyl (C=O) groups excluding carboxylic acids is 1. The summed E-state index contributed by atoms with van der Waals surface area (Å²) in [5.74, 6) is -0.355. The Labute approximate surface area is 99.5 Å². The van der Waals surface area contributed by atoms with E-state index < -0.39 is 0 Å². The van der Waals surface area contributed by atoms with Gasteiger partial charge in [0.25, 0.3) is 0 Å². The molecule has 1 fully saturated rings. The molecule has 1 saturated heterocycles. The quantitative estimate of drug-likeness (QED) is 0.738. The third-order valence-electron chi connectivity index (χ3n) is 2.82. The van der Waals surface area contributed by atoms with Crippen LogP contribution in [0.1, 0.15) is 28.8 Å². The van der Waals surface area contributed by atoms with Gasteiger partial charge in [-0.1, -0.05) is 0 Å². The number of aldehydes is 1. The summed E-state index contributed by atoms with van der Waals surface area (Å²) < 4.78 is 23.9. The van der Waals surface area contributed by atoms with Gasteiger partial charge in [0.15, 0.2) is 0 Å². The zero-order valence-electron chi connectivity index (χ0n) is 9.52. The first-order valence-corrected chi connectivity index (χ1v) is 5.72. The van der Waals surface area contributed by atoms with Gasteiger partial charge >= 0.3 is 0 Å². The Morgan fingerprint density at radius 1 is 1.53 bits per heavy atom. The molecule has 0 amide bonds. The second kappa shape index (κ2) is 5.89. The van der Waals surface area contributed by atoms with E-state index in [0.29, 0.717) is 24.0 Å². The van der Waals surface area contributed by atoms with Crippen molar-refractivity contribution in [2.24, 2.45) is 0 Å². The highest BCUT2D eigenvalue weighted by Crippen LogP contribution is 2.14. The minimum Gasteiger partial charge on any atom is -0.376 e. The van der Waals surface area contributed by atoms with Gasteiger partial charge in [0.1, 0.15) is 12.1 Å². The number of hydrogen-bond donors (Lipinski definition) is 0. The van der Waals surface area contributed by atoms with Crippen LogP contribution in [0.15, 0.2) is 18.2 Å². The molecule has 1 aromatic carbocycles. The summed E-state index contributed by atoms with van der Waals surface area (Å²) in [5.41, 5.74) is 1.05. The fourth-order valence-corrected chi connectivity index (χ4v) is 1.89. The van der Waals surface area contributed by atoms with E-state index in [2.05, 4.69) is 0 Å². The average molecular weight is 238 g/mol. The smallest absolute Gasteiger partial charge is 0.150 e. The second-order valence-electron chi connectivity index (χ2n) is 4.11. The first kappa shape index (κ1) is 12.2. The Hall–Kier alpha value is -1.26. The summed E-state index contributed by atoms with van der Waals surface area (Å²) in [6.45, 7) is 1.52. The summed E-state index contributed by atoms with van der Waals surface area (Å²) >= 11 is 0. The van der Waals surface area contributed by atoms with E-state index in [1.165, 1.54) is 18.2 Å². The van der Waals surface area contributed by atoms with Crippen LogP contribution >= 0.6 is 0 Å². The van der Waals surface area contributed by atoms with Gasteiger partial charge in [0.2, 0.25) is 0 Å². The molecule has 92 valence electrons. The Balaban J connectivity index is 1.88. The minimum atomic E-state index is -0.355. The second-order valence-corrected chi connectivity index (χ2v) is 4.11. The summed E-state index contributed by atoms with van der Waals surface area (Å²) in [6.07, 6.45) is 2.92. The SMILES string of the molecule is O=Cc1ccc(F)cc1COCC1CCCO1. The maximum atomic E-state index is 13.0. The van der Waals surface area contributed by atoms with Crippen molar-refractivity contribution in [3.05, 3.63) is 35.1 Å². The molecule has 1 aliphatic heterocycles. The van der Waals surface area contributed by atoms with Crippen molar-refractivity contribution >= 4 is 6.29 Å². The third kappa shape index (κ3) is 3.35. The Morgan fingerprint density at radius 2 is 2.41 bits per heavy atom. The van der Waals surface area contributed by atoms with Crippen molar-refractivity contribution in [3.8, 4) is 0 Å². The summed E-state index contributed by atoms with van der Waals surface area (Å²) in [6, 6.07) is 4.07. The van der Waals surface area contributed by atoms with Crippen LogP contribution in [0.2, 0.25) is 0 Å². The molecule has 1 heterocycles. The van der Waals surface area contributed by atoms with E-state index in [9.17, 15) is 9.18 Å². The van der Waals surface area contributed by atoms with Gasteiger partial charge in [-0.2, -0.15) is 0 Å². The number of ether oxygens (including phenoxy) is 2. The highest BCUT2D eigenvalue weighted by atomic mass is 19.1. The molecule has 4 heteroatoms. The molecular weight excluding hydrogens is 223 g/mol. The van der Waals surface area contributed by atoms with Crippen LogP contribution in [0, 0.1) is 5.82 Å². The number of hydrogen-bond acceptors (Lipinski definition) is 3. The molecule has 3 nitrogen and oxygen atoms in total. The summed E-state index contributed by atoms with van der Waals surface area (Å²) in [7, 11) is 0. The fraction of sp³-hybridized carbons (Fsp3) is 0.462. The lowest BCUT2D eigenvalue weighted by atomic mass is 10.1. The van der Waals surface area contributed by atoms with Crippen LogP contribution in [0.4, 0.5) is 4.39 Å². The summed E-state index contributed by atoms with van der Waals surface area (Å²) in [5, 5.41) is 0. The number of carbonyl (C=O) groups is 1. The maximum Gasteiger partial charge on any atom is 0.150 e. The van der Waals surface area contributed by atoms with Crippen molar-refractivity contribution in [3.63, 3.8) is 0 Å². The number of rotatable bonds is 5. The van der Waals surface area contributed by atoms with E-state index in [-0.39, 0.29) is 18.5 Å². The van der Waals surface area contributed by atoms with E-state index in [4.69, 9.17) is 9.47 Å². The van der Waals surface area contributed by atoms with E-state index >= 15 is 0 Å².